The molecule has 7 heteroatoms. The summed E-state index contributed by atoms with van der Waals surface area (Å²) in [5.41, 5.74) is 1.12. The molecule has 25 heavy (non-hydrogen) atoms. The van der Waals surface area contributed by atoms with Gasteiger partial charge in [-0.3, -0.25) is 9.59 Å². The van der Waals surface area contributed by atoms with Crippen LogP contribution >= 0.6 is 0 Å². The fourth-order valence-electron chi connectivity index (χ4n) is 2.71. The van der Waals surface area contributed by atoms with Gasteiger partial charge in [-0.25, -0.2) is 4.79 Å². The Kier molecular flexibility index (Phi) is 6.94. The summed E-state index contributed by atoms with van der Waals surface area (Å²) < 4.78 is 5.07. The van der Waals surface area contributed by atoms with Crippen LogP contribution in [0.2, 0.25) is 0 Å². The number of nitrogens with one attached hydrogen (secondary N) is 2. The maximum atomic E-state index is 12.2. The van der Waals surface area contributed by atoms with Crippen molar-refractivity contribution < 1.29 is 24.0 Å². The lowest BCUT2D eigenvalue weighted by Gasteiger charge is -2.31. The Morgan fingerprint density at radius 2 is 1.80 bits per heavy atom. The largest absolute Gasteiger partial charge is 0.462 e. The molecule has 1 fully saturated rings. The van der Waals surface area contributed by atoms with Gasteiger partial charge in [0.1, 0.15) is 0 Å². The van der Waals surface area contributed by atoms with Crippen LogP contribution in [0.4, 0.5) is 5.69 Å². The molecular weight excluding hydrogens is 322 g/mol. The summed E-state index contributed by atoms with van der Waals surface area (Å²) in [7, 11) is 0. The van der Waals surface area contributed by atoms with Crippen LogP contribution in [0.5, 0.6) is 0 Å². The first kappa shape index (κ1) is 18.9. The number of nitrogens with zero attached hydrogens (tertiary/aromatic N) is 1. The summed E-state index contributed by atoms with van der Waals surface area (Å²) in [6, 6.07) is 6.69. The van der Waals surface area contributed by atoms with Crippen LogP contribution in [0.1, 0.15) is 30.6 Å². The first-order valence-corrected chi connectivity index (χ1v) is 8.65. The summed E-state index contributed by atoms with van der Waals surface area (Å²) in [5, 5.41) is 2.84. The number of esters is 1. The fraction of sp³-hybridized carbons (Fsp3) is 0.500. The van der Waals surface area contributed by atoms with Gasteiger partial charge in [-0.05, 0) is 30.7 Å². The van der Waals surface area contributed by atoms with E-state index < -0.39 is 0 Å². The molecule has 0 saturated carbocycles. The summed E-state index contributed by atoms with van der Waals surface area (Å²) in [6.45, 7) is 7.19. The standard InChI is InChI=1S/C18H25N3O4/c1-3-12-25-18(24)15-4-6-16(7-5-15)19-17(23)13-20-8-10-21(11-9-20)14(2)22/h4-7H,3,8-13H2,1-2H3,(H,19,23)/p+1. The number of piperazine rings is 1. The van der Waals surface area contributed by atoms with Crippen LogP contribution in [-0.4, -0.2) is 62.0 Å². The highest BCUT2D eigenvalue weighted by molar-refractivity contribution is 5.93. The Hall–Kier alpha value is -2.41. The molecule has 136 valence electrons. The summed E-state index contributed by atoms with van der Waals surface area (Å²) in [5.74, 6) is -0.346. The molecule has 1 aliphatic heterocycles. The van der Waals surface area contributed by atoms with E-state index in [4.69, 9.17) is 4.74 Å². The predicted molar refractivity (Wildman–Crippen MR) is 93.5 cm³/mol. The molecule has 2 N–H and O–H groups in total. The highest BCUT2D eigenvalue weighted by atomic mass is 16.5. The number of amides is 2. The minimum Gasteiger partial charge on any atom is -0.462 e. The van der Waals surface area contributed by atoms with Crippen LogP contribution in [0.15, 0.2) is 24.3 Å². The topological polar surface area (TPSA) is 80.2 Å². The van der Waals surface area contributed by atoms with Crippen molar-refractivity contribution in [1.82, 2.24) is 4.90 Å². The van der Waals surface area contributed by atoms with Gasteiger partial charge in [0, 0.05) is 12.6 Å². The van der Waals surface area contributed by atoms with Gasteiger partial charge in [0.2, 0.25) is 5.91 Å². The Labute approximate surface area is 147 Å². The van der Waals surface area contributed by atoms with Crippen molar-refractivity contribution in [2.75, 3.05) is 44.6 Å². The van der Waals surface area contributed by atoms with Crippen molar-refractivity contribution >= 4 is 23.5 Å². The zero-order valence-electron chi connectivity index (χ0n) is 14.8. The number of anilines is 1. The number of ether oxygens (including phenoxy) is 1. The first-order chi connectivity index (χ1) is 12.0. The zero-order chi connectivity index (χ0) is 18.2. The molecule has 0 spiro atoms. The van der Waals surface area contributed by atoms with Crippen molar-refractivity contribution in [3.8, 4) is 0 Å². The molecule has 7 nitrogen and oxygen atoms in total. The van der Waals surface area contributed by atoms with Crippen molar-refractivity contribution in [2.24, 2.45) is 0 Å². The van der Waals surface area contributed by atoms with E-state index in [1.54, 1.807) is 36.1 Å². The lowest BCUT2D eigenvalue weighted by molar-refractivity contribution is -0.895. The molecule has 1 aromatic rings. The number of hydrogen-bond donors (Lipinski definition) is 2. The van der Waals surface area contributed by atoms with Crippen LogP contribution < -0.4 is 10.2 Å². The quantitative estimate of drug-likeness (QED) is 0.706. The maximum Gasteiger partial charge on any atom is 0.338 e. The molecule has 2 rings (SSSR count). The number of quaternary nitrogens is 1. The summed E-state index contributed by atoms with van der Waals surface area (Å²) >= 11 is 0. The van der Waals surface area contributed by atoms with E-state index in [-0.39, 0.29) is 17.8 Å². The van der Waals surface area contributed by atoms with Crippen LogP contribution in [0.3, 0.4) is 0 Å². The summed E-state index contributed by atoms with van der Waals surface area (Å²) in [4.78, 5) is 38.2. The molecule has 0 aliphatic carbocycles. The Bertz CT molecular complexity index is 607. The molecule has 2 amide bonds. The van der Waals surface area contributed by atoms with Gasteiger partial charge >= 0.3 is 5.97 Å². The number of benzene rings is 1. The number of hydrogen-bond acceptors (Lipinski definition) is 4. The molecule has 0 bridgehead atoms. The Morgan fingerprint density at radius 1 is 1.16 bits per heavy atom. The third-order valence-corrected chi connectivity index (χ3v) is 4.17. The second-order valence-electron chi connectivity index (χ2n) is 6.19. The van der Waals surface area contributed by atoms with E-state index in [2.05, 4.69) is 5.32 Å². The molecule has 0 unspecified atom stereocenters. The number of carbonyl (C=O) groups excluding carboxylic acids is 3. The van der Waals surface area contributed by atoms with Crippen molar-refractivity contribution in [2.45, 2.75) is 20.3 Å². The molecule has 0 atom stereocenters. The van der Waals surface area contributed by atoms with Gasteiger partial charge in [0.25, 0.3) is 5.91 Å². The molecule has 1 aromatic carbocycles. The molecule has 0 aromatic heterocycles. The second kappa shape index (κ2) is 9.17. The van der Waals surface area contributed by atoms with Gasteiger partial charge in [0.15, 0.2) is 6.54 Å². The molecular formula is C18H26N3O4+. The normalized spacial score (nSPS) is 14.9. The molecule has 0 radical (unpaired) electrons. The van der Waals surface area contributed by atoms with Crippen molar-refractivity contribution in [3.05, 3.63) is 29.8 Å². The smallest absolute Gasteiger partial charge is 0.338 e. The molecule has 1 saturated heterocycles. The van der Waals surface area contributed by atoms with E-state index in [0.29, 0.717) is 37.5 Å². The van der Waals surface area contributed by atoms with Gasteiger partial charge in [-0.15, -0.1) is 0 Å². The number of rotatable bonds is 6. The average Bonchev–Trinajstić information content (AvgIpc) is 2.60. The third kappa shape index (κ3) is 5.86. The lowest BCUT2D eigenvalue weighted by atomic mass is 10.2. The van der Waals surface area contributed by atoms with Crippen LogP contribution in [0.25, 0.3) is 0 Å². The lowest BCUT2D eigenvalue weighted by Crippen LogP contribution is -3.15. The highest BCUT2D eigenvalue weighted by Crippen LogP contribution is 2.10. The van der Waals surface area contributed by atoms with Crippen LogP contribution in [0, 0.1) is 0 Å². The fourth-order valence-corrected chi connectivity index (χ4v) is 2.71. The van der Waals surface area contributed by atoms with Gasteiger partial charge in [-0.2, -0.15) is 0 Å². The van der Waals surface area contributed by atoms with E-state index in [1.165, 1.54) is 0 Å². The van der Waals surface area contributed by atoms with Crippen LogP contribution in [-0.2, 0) is 14.3 Å². The SMILES string of the molecule is CCCOC(=O)c1ccc(NC(=O)C[NH+]2CCN(C(C)=O)CC2)cc1. The zero-order valence-corrected chi connectivity index (χ0v) is 14.8. The van der Waals surface area contributed by atoms with E-state index in [1.807, 2.05) is 6.92 Å². The minimum absolute atomic E-state index is 0.0763. The van der Waals surface area contributed by atoms with Crippen molar-refractivity contribution in [3.63, 3.8) is 0 Å². The number of carbonyl (C=O) groups is 3. The van der Waals surface area contributed by atoms with E-state index >= 15 is 0 Å². The monoisotopic (exact) mass is 348 g/mol. The summed E-state index contributed by atoms with van der Waals surface area (Å²) in [6.07, 6.45) is 0.781. The average molecular weight is 348 g/mol. The predicted octanol–water partition coefficient (Wildman–Crippen LogP) is -0.0611. The van der Waals surface area contributed by atoms with Gasteiger partial charge in [0.05, 0.1) is 38.3 Å². The minimum atomic E-state index is -0.354. The highest BCUT2D eigenvalue weighted by Gasteiger charge is 2.23. The Balaban J connectivity index is 1.79. The first-order valence-electron chi connectivity index (χ1n) is 8.65. The van der Waals surface area contributed by atoms with Crippen molar-refractivity contribution in [1.29, 1.82) is 0 Å². The van der Waals surface area contributed by atoms with E-state index in [0.717, 1.165) is 24.4 Å². The second-order valence-corrected chi connectivity index (χ2v) is 6.19. The third-order valence-electron chi connectivity index (χ3n) is 4.17. The molecule has 1 aliphatic rings. The molecule has 1 heterocycles. The van der Waals surface area contributed by atoms with E-state index in [9.17, 15) is 14.4 Å². The Morgan fingerprint density at radius 3 is 2.36 bits per heavy atom. The van der Waals surface area contributed by atoms with Gasteiger partial charge in [-0.1, -0.05) is 6.92 Å². The van der Waals surface area contributed by atoms with Gasteiger partial charge < -0.3 is 19.9 Å². The maximum absolute atomic E-state index is 12.2.